The molecule has 1 fully saturated rings. The Morgan fingerprint density at radius 2 is 1.95 bits per heavy atom. The van der Waals surface area contributed by atoms with Gasteiger partial charge in [-0.1, -0.05) is 0 Å². The molecule has 6 heteroatoms. The van der Waals surface area contributed by atoms with Crippen LogP contribution in [0.15, 0.2) is 12.1 Å². The Hall–Kier alpha value is -1.01. The number of rotatable bonds is 1. The van der Waals surface area contributed by atoms with Crippen molar-refractivity contribution in [2.24, 2.45) is 0 Å². The minimum atomic E-state index is -3.29. The summed E-state index contributed by atoms with van der Waals surface area (Å²) >= 11 is 0. The highest BCUT2D eigenvalue weighted by molar-refractivity contribution is 7.92. The summed E-state index contributed by atoms with van der Waals surface area (Å²) in [5.41, 5.74) is 0.298. The molecule has 2 unspecified atom stereocenters. The molecule has 1 saturated heterocycles. The molecule has 1 aliphatic heterocycles. The first kappa shape index (κ1) is 14.4. The van der Waals surface area contributed by atoms with E-state index in [1.54, 1.807) is 6.92 Å². The number of hydrogen-bond acceptors (Lipinski definition) is 3. The highest BCUT2D eigenvalue weighted by Gasteiger charge is 2.30. The van der Waals surface area contributed by atoms with E-state index in [2.05, 4.69) is 5.32 Å². The third-order valence-corrected chi connectivity index (χ3v) is 5.87. The van der Waals surface area contributed by atoms with Gasteiger partial charge < -0.3 is 5.32 Å². The van der Waals surface area contributed by atoms with Gasteiger partial charge in [-0.25, -0.2) is 17.2 Å². The first-order valence-electron chi connectivity index (χ1n) is 6.22. The van der Waals surface area contributed by atoms with Crippen molar-refractivity contribution >= 4 is 9.84 Å². The maximum Gasteiger partial charge on any atom is 0.154 e. The van der Waals surface area contributed by atoms with Gasteiger partial charge in [0.2, 0.25) is 0 Å². The average Bonchev–Trinajstić information content (AvgIpc) is 2.44. The molecule has 0 aliphatic carbocycles. The maximum atomic E-state index is 13.9. The molecule has 0 radical (unpaired) electrons. The number of halogens is 2. The van der Waals surface area contributed by atoms with E-state index in [4.69, 9.17) is 0 Å². The Morgan fingerprint density at radius 3 is 2.63 bits per heavy atom. The second-order valence-electron chi connectivity index (χ2n) is 5.06. The zero-order chi connectivity index (χ0) is 14.2. The number of nitrogens with one attached hydrogen (secondary N) is 1. The van der Waals surface area contributed by atoms with E-state index in [9.17, 15) is 17.2 Å². The van der Waals surface area contributed by atoms with Gasteiger partial charge in [-0.15, -0.1) is 0 Å². The van der Waals surface area contributed by atoms with Crippen molar-refractivity contribution < 1.29 is 17.2 Å². The molecular weight excluding hydrogens is 272 g/mol. The molecule has 2 atom stereocenters. The van der Waals surface area contributed by atoms with Gasteiger partial charge in [0, 0.05) is 11.6 Å². The lowest BCUT2D eigenvalue weighted by molar-refractivity contribution is 0.520. The predicted molar refractivity (Wildman–Crippen MR) is 69.7 cm³/mol. The maximum absolute atomic E-state index is 13.9. The van der Waals surface area contributed by atoms with Gasteiger partial charge >= 0.3 is 0 Å². The van der Waals surface area contributed by atoms with Crippen LogP contribution in [0.4, 0.5) is 8.78 Å². The van der Waals surface area contributed by atoms with Crippen molar-refractivity contribution in [3.05, 3.63) is 34.9 Å². The molecule has 19 heavy (non-hydrogen) atoms. The summed E-state index contributed by atoms with van der Waals surface area (Å²) in [5, 5.41) is 2.53. The molecule has 0 bridgehead atoms. The lowest BCUT2D eigenvalue weighted by atomic mass is 10.0. The summed E-state index contributed by atoms with van der Waals surface area (Å²) in [7, 11) is -3.29. The van der Waals surface area contributed by atoms with Crippen LogP contribution in [0.25, 0.3) is 0 Å². The minimum absolute atomic E-state index is 0.0841. The van der Waals surface area contributed by atoms with Gasteiger partial charge in [0.25, 0.3) is 0 Å². The van der Waals surface area contributed by atoms with E-state index in [1.165, 1.54) is 6.92 Å². The summed E-state index contributed by atoms with van der Waals surface area (Å²) in [6.07, 6.45) is 0.481. The van der Waals surface area contributed by atoms with Crippen LogP contribution < -0.4 is 5.32 Å². The molecule has 1 aliphatic rings. The Morgan fingerprint density at radius 1 is 1.26 bits per heavy atom. The zero-order valence-electron chi connectivity index (χ0n) is 10.9. The molecule has 0 saturated carbocycles. The smallest absolute Gasteiger partial charge is 0.154 e. The van der Waals surface area contributed by atoms with E-state index >= 15 is 0 Å². The van der Waals surface area contributed by atoms with E-state index < -0.39 is 32.8 Å². The van der Waals surface area contributed by atoms with E-state index in [1.807, 2.05) is 0 Å². The van der Waals surface area contributed by atoms with Gasteiger partial charge in [-0.3, -0.25) is 0 Å². The Kier molecular flexibility index (Phi) is 3.92. The van der Waals surface area contributed by atoms with Crippen LogP contribution in [0.5, 0.6) is 0 Å². The monoisotopic (exact) mass is 289 g/mol. The predicted octanol–water partition coefficient (Wildman–Crippen LogP) is 2.11. The quantitative estimate of drug-likeness (QED) is 0.861. The van der Waals surface area contributed by atoms with Crippen molar-refractivity contribution in [2.45, 2.75) is 31.6 Å². The third kappa shape index (κ3) is 2.95. The Labute approximate surface area is 111 Å². The van der Waals surface area contributed by atoms with Crippen molar-refractivity contribution in [1.82, 2.24) is 5.32 Å². The van der Waals surface area contributed by atoms with Crippen LogP contribution in [-0.4, -0.2) is 26.0 Å². The SMILES string of the molecule is Cc1cc(F)c(C2CS(=O)(=O)C(C)CCN2)cc1F. The lowest BCUT2D eigenvalue weighted by Crippen LogP contribution is -2.27. The lowest BCUT2D eigenvalue weighted by Gasteiger charge is -2.17. The molecule has 2 rings (SSSR count). The molecule has 106 valence electrons. The van der Waals surface area contributed by atoms with E-state index in [0.717, 1.165) is 12.1 Å². The van der Waals surface area contributed by atoms with Gasteiger partial charge in [-0.05, 0) is 44.5 Å². The largest absolute Gasteiger partial charge is 0.309 e. The molecule has 1 aromatic rings. The topological polar surface area (TPSA) is 46.2 Å². The molecule has 1 heterocycles. The highest BCUT2D eigenvalue weighted by atomic mass is 32.2. The summed E-state index contributed by atoms with van der Waals surface area (Å²) < 4.78 is 51.4. The normalized spacial score (nSPS) is 26.9. The van der Waals surface area contributed by atoms with Gasteiger partial charge in [0.05, 0.1) is 11.0 Å². The van der Waals surface area contributed by atoms with E-state index in [0.29, 0.717) is 13.0 Å². The molecule has 3 nitrogen and oxygen atoms in total. The van der Waals surface area contributed by atoms with Crippen molar-refractivity contribution in [3.63, 3.8) is 0 Å². The molecule has 1 aromatic carbocycles. The fourth-order valence-electron chi connectivity index (χ4n) is 2.22. The molecule has 0 aromatic heterocycles. The van der Waals surface area contributed by atoms with Crippen molar-refractivity contribution in [1.29, 1.82) is 0 Å². The van der Waals surface area contributed by atoms with Crippen molar-refractivity contribution in [2.75, 3.05) is 12.3 Å². The highest BCUT2D eigenvalue weighted by Crippen LogP contribution is 2.25. The van der Waals surface area contributed by atoms with Gasteiger partial charge in [0.15, 0.2) is 9.84 Å². The summed E-state index contributed by atoms with van der Waals surface area (Å²) in [6, 6.07) is 1.51. The van der Waals surface area contributed by atoms with Crippen LogP contribution in [0.3, 0.4) is 0 Å². The molecule has 0 spiro atoms. The molecular formula is C13H17F2NO2S. The van der Waals surface area contributed by atoms with Crippen LogP contribution >= 0.6 is 0 Å². The average molecular weight is 289 g/mol. The van der Waals surface area contributed by atoms with Gasteiger partial charge in [0.1, 0.15) is 11.6 Å². The number of sulfone groups is 1. The Bertz CT molecular complexity index is 587. The fraction of sp³-hybridized carbons (Fsp3) is 0.538. The zero-order valence-corrected chi connectivity index (χ0v) is 11.7. The van der Waals surface area contributed by atoms with Crippen LogP contribution in [-0.2, 0) is 9.84 Å². The summed E-state index contributed by atoms with van der Waals surface area (Å²) in [5.74, 6) is -1.29. The van der Waals surface area contributed by atoms with Crippen LogP contribution in [0, 0.1) is 18.6 Å². The molecule has 1 N–H and O–H groups in total. The second kappa shape index (κ2) is 5.17. The Balaban J connectivity index is 2.39. The fourth-order valence-corrected chi connectivity index (χ4v) is 3.79. The second-order valence-corrected chi connectivity index (χ2v) is 7.52. The number of aryl methyl sites for hydroxylation is 1. The van der Waals surface area contributed by atoms with Crippen LogP contribution in [0.1, 0.15) is 30.5 Å². The van der Waals surface area contributed by atoms with Crippen molar-refractivity contribution in [3.8, 4) is 0 Å². The minimum Gasteiger partial charge on any atom is -0.309 e. The van der Waals surface area contributed by atoms with Gasteiger partial charge in [-0.2, -0.15) is 0 Å². The first-order chi connectivity index (χ1) is 8.81. The third-order valence-electron chi connectivity index (χ3n) is 3.61. The van der Waals surface area contributed by atoms with E-state index in [-0.39, 0.29) is 16.9 Å². The standard InChI is InChI=1S/C13H17F2NO2S/c1-8-5-12(15)10(6-11(8)14)13-7-19(17,18)9(2)3-4-16-13/h5-6,9,13,16H,3-4,7H2,1-2H3. The number of hydrogen-bond donors (Lipinski definition) is 1. The van der Waals surface area contributed by atoms with Crippen LogP contribution in [0.2, 0.25) is 0 Å². The first-order valence-corrected chi connectivity index (χ1v) is 7.93. The summed E-state index contributed by atoms with van der Waals surface area (Å²) in [4.78, 5) is 0. The number of benzene rings is 1. The summed E-state index contributed by atoms with van der Waals surface area (Å²) in [6.45, 7) is 3.59. The molecule has 0 amide bonds.